The van der Waals surface area contributed by atoms with Crippen LogP contribution in [0.25, 0.3) is 21.9 Å². The Balaban J connectivity index is 2.24. The fraction of sp³-hybridized carbons (Fsp3) is 0.0526. The smallest absolute Gasteiger partial charge is 0.280 e. The number of nitrogens with zero attached hydrogens (tertiary/aromatic N) is 1. The van der Waals surface area contributed by atoms with Gasteiger partial charge in [0.1, 0.15) is 11.6 Å². The summed E-state index contributed by atoms with van der Waals surface area (Å²) in [6.45, 7) is 0. The number of nitrogens with two attached hydrogens (primary N) is 2. The Morgan fingerprint density at radius 2 is 1.84 bits per heavy atom. The van der Waals surface area contributed by atoms with Gasteiger partial charge in [0, 0.05) is 11.1 Å². The molecule has 0 heterocycles. The van der Waals surface area contributed by atoms with E-state index in [2.05, 4.69) is 4.99 Å². The highest BCUT2D eigenvalue weighted by Gasteiger charge is 2.13. The van der Waals surface area contributed by atoms with Crippen molar-refractivity contribution in [3.05, 3.63) is 66.0 Å². The second-order valence-electron chi connectivity index (χ2n) is 5.43. The molecule has 0 saturated carbocycles. The second kappa shape index (κ2) is 6.60. The third-order valence-electron chi connectivity index (χ3n) is 3.81. The number of methoxy groups -OCH3 is 1. The molecule has 5 nitrogen and oxygen atoms in total. The van der Waals surface area contributed by atoms with Crippen LogP contribution in [0.5, 0.6) is 5.75 Å². The van der Waals surface area contributed by atoms with Crippen LogP contribution < -0.4 is 16.2 Å². The van der Waals surface area contributed by atoms with Crippen molar-refractivity contribution in [2.45, 2.75) is 0 Å². The average molecular weight is 337 g/mol. The second-order valence-corrected chi connectivity index (χ2v) is 5.43. The molecule has 0 bridgehead atoms. The molecular weight excluding hydrogens is 321 g/mol. The fourth-order valence-corrected chi connectivity index (χ4v) is 2.71. The summed E-state index contributed by atoms with van der Waals surface area (Å²) >= 11 is 0. The van der Waals surface area contributed by atoms with Crippen molar-refractivity contribution in [3.63, 3.8) is 0 Å². The first-order valence-corrected chi connectivity index (χ1v) is 7.50. The van der Waals surface area contributed by atoms with Crippen LogP contribution in [0.15, 0.2) is 59.6 Å². The van der Waals surface area contributed by atoms with Crippen LogP contribution in [0.3, 0.4) is 0 Å². The number of benzene rings is 3. The van der Waals surface area contributed by atoms with Crippen molar-refractivity contribution >= 4 is 22.6 Å². The molecule has 1 amide bonds. The molecular formula is C19H16FN3O2. The lowest BCUT2D eigenvalue weighted by Gasteiger charge is -2.12. The Bertz CT molecular complexity index is 995. The number of guanidine groups is 1. The summed E-state index contributed by atoms with van der Waals surface area (Å²) in [6, 6.07) is 15.0. The van der Waals surface area contributed by atoms with E-state index in [1.54, 1.807) is 24.3 Å². The highest BCUT2D eigenvalue weighted by atomic mass is 19.1. The Morgan fingerprint density at radius 3 is 2.56 bits per heavy atom. The fourth-order valence-electron chi connectivity index (χ4n) is 2.71. The van der Waals surface area contributed by atoms with Gasteiger partial charge in [-0.25, -0.2) is 4.39 Å². The average Bonchev–Trinajstić information content (AvgIpc) is 2.60. The third-order valence-corrected chi connectivity index (χ3v) is 3.81. The van der Waals surface area contributed by atoms with E-state index in [1.807, 2.05) is 18.2 Å². The van der Waals surface area contributed by atoms with Crippen LogP contribution in [0.1, 0.15) is 10.4 Å². The van der Waals surface area contributed by atoms with E-state index in [9.17, 15) is 9.18 Å². The molecule has 0 atom stereocenters. The number of carbonyl (C=O) groups excluding carboxylic acids is 1. The zero-order chi connectivity index (χ0) is 18.0. The summed E-state index contributed by atoms with van der Waals surface area (Å²) in [5.74, 6) is -0.677. The summed E-state index contributed by atoms with van der Waals surface area (Å²) < 4.78 is 19.1. The molecule has 0 spiro atoms. The Hall–Kier alpha value is -3.41. The van der Waals surface area contributed by atoms with Crippen molar-refractivity contribution in [3.8, 4) is 16.9 Å². The molecule has 4 N–H and O–H groups in total. The maximum atomic E-state index is 13.8. The van der Waals surface area contributed by atoms with E-state index < -0.39 is 5.91 Å². The van der Waals surface area contributed by atoms with Gasteiger partial charge in [-0.05, 0) is 46.7 Å². The Labute approximate surface area is 143 Å². The molecule has 0 aliphatic carbocycles. The van der Waals surface area contributed by atoms with Gasteiger partial charge in [-0.15, -0.1) is 0 Å². The highest BCUT2D eigenvalue weighted by molar-refractivity contribution is 6.06. The first-order chi connectivity index (χ1) is 12.0. The maximum Gasteiger partial charge on any atom is 0.280 e. The normalized spacial score (nSPS) is 10.5. The van der Waals surface area contributed by atoms with Gasteiger partial charge in [0.05, 0.1) is 7.11 Å². The molecule has 0 aromatic heterocycles. The SMILES string of the molecule is COc1ccc(F)cc1-c1cccc2ccc(C(=O)N=C(N)N)cc12. The number of hydrogen-bond donors (Lipinski definition) is 2. The number of ether oxygens (including phenoxy) is 1. The van der Waals surface area contributed by atoms with Gasteiger partial charge in [0.15, 0.2) is 5.96 Å². The van der Waals surface area contributed by atoms with Crippen LogP contribution in [-0.2, 0) is 0 Å². The van der Waals surface area contributed by atoms with Gasteiger partial charge in [-0.1, -0.05) is 24.3 Å². The lowest BCUT2D eigenvalue weighted by molar-refractivity contribution is 0.100. The minimum absolute atomic E-state index is 0.301. The van der Waals surface area contributed by atoms with E-state index in [0.717, 1.165) is 16.3 Å². The van der Waals surface area contributed by atoms with E-state index in [4.69, 9.17) is 16.2 Å². The molecule has 0 radical (unpaired) electrons. The highest BCUT2D eigenvalue weighted by Crippen LogP contribution is 2.36. The third kappa shape index (κ3) is 3.28. The predicted octanol–water partition coefficient (Wildman–Crippen LogP) is 3.07. The van der Waals surface area contributed by atoms with Crippen LogP contribution in [0, 0.1) is 5.82 Å². The maximum absolute atomic E-state index is 13.8. The molecule has 126 valence electrons. The number of carbonyl (C=O) groups is 1. The summed E-state index contributed by atoms with van der Waals surface area (Å²) in [5.41, 5.74) is 12.2. The van der Waals surface area contributed by atoms with Gasteiger partial charge in [-0.2, -0.15) is 4.99 Å². The number of fused-ring (bicyclic) bond motifs is 1. The zero-order valence-electron chi connectivity index (χ0n) is 13.5. The standard InChI is InChI=1S/C19H16FN3O2/c1-25-17-8-7-13(20)10-16(17)14-4-2-3-11-5-6-12(9-15(11)14)18(24)23-19(21)22/h2-10H,1H3,(H4,21,22,23,24). The molecule has 0 unspecified atom stereocenters. The van der Waals surface area contributed by atoms with Gasteiger partial charge in [0.25, 0.3) is 5.91 Å². The lowest BCUT2D eigenvalue weighted by Crippen LogP contribution is -2.24. The molecule has 3 rings (SSSR count). The molecule has 0 saturated heterocycles. The largest absolute Gasteiger partial charge is 0.496 e. The topological polar surface area (TPSA) is 90.7 Å². The van der Waals surface area contributed by atoms with Crippen LogP contribution in [0.4, 0.5) is 4.39 Å². The summed E-state index contributed by atoms with van der Waals surface area (Å²) in [7, 11) is 1.52. The molecule has 6 heteroatoms. The van der Waals surface area contributed by atoms with E-state index in [-0.39, 0.29) is 11.8 Å². The summed E-state index contributed by atoms with van der Waals surface area (Å²) in [6.07, 6.45) is 0. The van der Waals surface area contributed by atoms with Crippen LogP contribution in [-0.4, -0.2) is 19.0 Å². The number of rotatable bonds is 3. The van der Waals surface area contributed by atoms with Crippen molar-refractivity contribution < 1.29 is 13.9 Å². The minimum atomic E-state index is -0.539. The van der Waals surface area contributed by atoms with Crippen LogP contribution in [0.2, 0.25) is 0 Å². The summed E-state index contributed by atoms with van der Waals surface area (Å²) in [5, 5.41) is 1.66. The molecule has 0 aliphatic heterocycles. The number of amides is 1. The van der Waals surface area contributed by atoms with Crippen molar-refractivity contribution in [1.82, 2.24) is 0 Å². The molecule has 25 heavy (non-hydrogen) atoms. The van der Waals surface area contributed by atoms with Gasteiger partial charge in [-0.3, -0.25) is 4.79 Å². The van der Waals surface area contributed by atoms with Crippen LogP contribution >= 0.6 is 0 Å². The molecule has 0 aliphatic rings. The quantitative estimate of drug-likeness (QED) is 0.568. The van der Waals surface area contributed by atoms with Gasteiger partial charge < -0.3 is 16.2 Å². The van der Waals surface area contributed by atoms with Crippen molar-refractivity contribution in [2.75, 3.05) is 7.11 Å². The molecule has 3 aromatic carbocycles. The van der Waals surface area contributed by atoms with E-state index >= 15 is 0 Å². The first kappa shape index (κ1) is 16.4. The Morgan fingerprint density at radius 1 is 1.04 bits per heavy atom. The number of aliphatic imine (C=N–C) groups is 1. The molecule has 0 fully saturated rings. The summed E-state index contributed by atoms with van der Waals surface area (Å²) in [4.78, 5) is 15.6. The number of halogens is 1. The first-order valence-electron chi connectivity index (χ1n) is 7.50. The van der Waals surface area contributed by atoms with Crippen molar-refractivity contribution in [2.24, 2.45) is 16.5 Å². The minimum Gasteiger partial charge on any atom is -0.496 e. The lowest BCUT2D eigenvalue weighted by atomic mass is 9.96. The monoisotopic (exact) mass is 337 g/mol. The zero-order valence-corrected chi connectivity index (χ0v) is 13.5. The van der Waals surface area contributed by atoms with E-state index in [0.29, 0.717) is 16.9 Å². The van der Waals surface area contributed by atoms with E-state index in [1.165, 1.54) is 19.2 Å². The Kier molecular flexibility index (Phi) is 4.35. The number of hydrogen-bond acceptors (Lipinski definition) is 2. The van der Waals surface area contributed by atoms with Crippen molar-refractivity contribution in [1.29, 1.82) is 0 Å². The molecule has 3 aromatic rings. The van der Waals surface area contributed by atoms with Gasteiger partial charge in [0.2, 0.25) is 0 Å². The predicted molar refractivity (Wildman–Crippen MR) is 96.0 cm³/mol. The van der Waals surface area contributed by atoms with Gasteiger partial charge >= 0.3 is 0 Å².